The number of benzene rings is 1. The molecule has 0 bridgehead atoms. The topological polar surface area (TPSA) is 41.1 Å². The van der Waals surface area contributed by atoms with Crippen molar-refractivity contribution in [2.75, 3.05) is 11.9 Å². The first kappa shape index (κ1) is 11.6. The van der Waals surface area contributed by atoms with Crippen LogP contribution in [0.2, 0.25) is 0 Å². The minimum atomic E-state index is 0.167. The van der Waals surface area contributed by atoms with E-state index in [1.807, 2.05) is 0 Å². The third-order valence-electron chi connectivity index (χ3n) is 3.97. The van der Waals surface area contributed by atoms with E-state index < -0.39 is 0 Å². The summed E-state index contributed by atoms with van der Waals surface area (Å²) in [5.41, 5.74) is 3.69. The van der Waals surface area contributed by atoms with E-state index in [1.165, 1.54) is 24.1 Å². The second-order valence-corrected chi connectivity index (χ2v) is 5.39. The zero-order valence-corrected chi connectivity index (χ0v) is 10.7. The average molecular weight is 244 g/mol. The van der Waals surface area contributed by atoms with Gasteiger partial charge in [-0.15, -0.1) is 0 Å². The Morgan fingerprint density at radius 1 is 1.33 bits per heavy atom. The fraction of sp³-hybridized carbons (Fsp3) is 0.533. The van der Waals surface area contributed by atoms with Crippen molar-refractivity contribution in [2.45, 2.75) is 44.6 Å². The number of hydrogen-bond acceptors (Lipinski definition) is 2. The molecule has 18 heavy (non-hydrogen) atoms. The van der Waals surface area contributed by atoms with Crippen molar-refractivity contribution in [3.05, 3.63) is 29.3 Å². The molecule has 3 heteroatoms. The average Bonchev–Trinajstić information content (AvgIpc) is 2.98. The number of carbonyl (C=O) groups is 1. The van der Waals surface area contributed by atoms with Crippen LogP contribution in [0.3, 0.4) is 0 Å². The van der Waals surface area contributed by atoms with Gasteiger partial charge in [-0.25, -0.2) is 0 Å². The van der Waals surface area contributed by atoms with Gasteiger partial charge >= 0.3 is 0 Å². The number of rotatable bonds is 3. The van der Waals surface area contributed by atoms with E-state index in [2.05, 4.69) is 28.8 Å². The van der Waals surface area contributed by atoms with Crippen LogP contribution < -0.4 is 10.6 Å². The van der Waals surface area contributed by atoms with Crippen molar-refractivity contribution in [3.8, 4) is 0 Å². The predicted molar refractivity (Wildman–Crippen MR) is 72.7 cm³/mol. The van der Waals surface area contributed by atoms with E-state index in [0.29, 0.717) is 12.5 Å². The molecule has 1 aliphatic carbocycles. The van der Waals surface area contributed by atoms with Gasteiger partial charge < -0.3 is 10.6 Å². The van der Waals surface area contributed by atoms with Crippen molar-refractivity contribution in [3.63, 3.8) is 0 Å². The van der Waals surface area contributed by atoms with Gasteiger partial charge in [0.2, 0.25) is 5.91 Å². The fourth-order valence-electron chi connectivity index (χ4n) is 2.98. The highest BCUT2D eigenvalue weighted by Crippen LogP contribution is 2.23. The van der Waals surface area contributed by atoms with E-state index >= 15 is 0 Å². The monoisotopic (exact) mass is 244 g/mol. The molecular weight excluding hydrogens is 224 g/mol. The Hall–Kier alpha value is -1.51. The first-order valence-corrected chi connectivity index (χ1v) is 6.96. The molecule has 0 saturated heterocycles. The normalized spacial score (nSPS) is 18.4. The van der Waals surface area contributed by atoms with Crippen LogP contribution in [-0.2, 0) is 17.6 Å². The molecule has 0 aromatic heterocycles. The van der Waals surface area contributed by atoms with Gasteiger partial charge in [-0.1, -0.05) is 25.0 Å². The minimum Gasteiger partial charge on any atom is -0.384 e. The quantitative estimate of drug-likeness (QED) is 0.856. The molecule has 1 aromatic carbocycles. The molecule has 1 fully saturated rings. The maximum Gasteiger partial charge on any atom is 0.224 e. The minimum absolute atomic E-state index is 0.167. The summed E-state index contributed by atoms with van der Waals surface area (Å²) in [6.07, 6.45) is 6.42. The first-order valence-electron chi connectivity index (χ1n) is 6.96. The van der Waals surface area contributed by atoms with E-state index in [0.717, 1.165) is 31.4 Å². The maximum atomic E-state index is 11.9. The summed E-state index contributed by atoms with van der Waals surface area (Å²) >= 11 is 0. The molecule has 0 unspecified atom stereocenters. The number of carbonyl (C=O) groups excluding carboxylic acids is 1. The van der Waals surface area contributed by atoms with Gasteiger partial charge in [-0.3, -0.25) is 4.79 Å². The van der Waals surface area contributed by atoms with Crippen LogP contribution in [0.25, 0.3) is 0 Å². The number of fused-ring (bicyclic) bond motifs is 1. The molecular formula is C15H20N2O. The molecule has 1 saturated carbocycles. The summed E-state index contributed by atoms with van der Waals surface area (Å²) in [4.78, 5) is 11.9. The summed E-state index contributed by atoms with van der Waals surface area (Å²) < 4.78 is 0. The maximum absolute atomic E-state index is 11.9. The van der Waals surface area contributed by atoms with Crippen molar-refractivity contribution in [2.24, 2.45) is 0 Å². The van der Waals surface area contributed by atoms with Gasteiger partial charge in [0, 0.05) is 18.3 Å². The molecule has 3 nitrogen and oxygen atoms in total. The number of amides is 1. The van der Waals surface area contributed by atoms with E-state index in [1.54, 1.807) is 0 Å². The molecule has 1 aromatic rings. The predicted octanol–water partition coefficient (Wildman–Crippen LogP) is 2.26. The lowest BCUT2D eigenvalue weighted by Gasteiger charge is -2.12. The Labute approximate surface area is 108 Å². The standard InChI is InChI=1S/C15H20N2O/c18-15(17-13-3-1-2-4-13)10-11-5-6-12-7-8-16-14(12)9-11/h5-6,9,13,16H,1-4,7-8,10H2,(H,17,18). The van der Waals surface area contributed by atoms with Crippen LogP contribution in [0.15, 0.2) is 18.2 Å². The molecule has 0 atom stereocenters. The van der Waals surface area contributed by atoms with Gasteiger partial charge in [-0.05, 0) is 36.5 Å². The van der Waals surface area contributed by atoms with Crippen LogP contribution in [0.1, 0.15) is 36.8 Å². The third kappa shape index (κ3) is 2.50. The molecule has 96 valence electrons. The molecule has 1 amide bonds. The van der Waals surface area contributed by atoms with Gasteiger partial charge in [0.25, 0.3) is 0 Å². The molecule has 1 heterocycles. The summed E-state index contributed by atoms with van der Waals surface area (Å²) in [5, 5.41) is 6.49. The highest BCUT2D eigenvalue weighted by molar-refractivity contribution is 5.79. The highest BCUT2D eigenvalue weighted by Gasteiger charge is 2.17. The number of anilines is 1. The van der Waals surface area contributed by atoms with Gasteiger partial charge in [0.1, 0.15) is 0 Å². The molecule has 3 rings (SSSR count). The highest BCUT2D eigenvalue weighted by atomic mass is 16.1. The van der Waals surface area contributed by atoms with Crippen molar-refractivity contribution in [1.29, 1.82) is 0 Å². The summed E-state index contributed by atoms with van der Waals surface area (Å²) in [5.74, 6) is 0.167. The van der Waals surface area contributed by atoms with Gasteiger partial charge in [0.05, 0.1) is 6.42 Å². The first-order chi connectivity index (χ1) is 8.81. The zero-order chi connectivity index (χ0) is 12.4. The summed E-state index contributed by atoms with van der Waals surface area (Å²) in [6, 6.07) is 6.77. The largest absolute Gasteiger partial charge is 0.384 e. The van der Waals surface area contributed by atoms with E-state index in [9.17, 15) is 4.79 Å². The van der Waals surface area contributed by atoms with Gasteiger partial charge in [0.15, 0.2) is 0 Å². The molecule has 2 N–H and O–H groups in total. The van der Waals surface area contributed by atoms with Crippen LogP contribution in [0.5, 0.6) is 0 Å². The Kier molecular flexibility index (Phi) is 3.22. The Morgan fingerprint density at radius 2 is 2.17 bits per heavy atom. The number of hydrogen-bond donors (Lipinski definition) is 2. The summed E-state index contributed by atoms with van der Waals surface area (Å²) in [6.45, 7) is 1.02. The van der Waals surface area contributed by atoms with Crippen LogP contribution in [-0.4, -0.2) is 18.5 Å². The molecule has 0 radical (unpaired) electrons. The lowest BCUT2D eigenvalue weighted by atomic mass is 10.1. The van der Waals surface area contributed by atoms with Crippen molar-refractivity contribution < 1.29 is 4.79 Å². The Bertz CT molecular complexity index is 450. The number of nitrogens with one attached hydrogen (secondary N) is 2. The second-order valence-electron chi connectivity index (χ2n) is 5.39. The lowest BCUT2D eigenvalue weighted by Crippen LogP contribution is -2.33. The SMILES string of the molecule is O=C(Cc1ccc2c(c1)NCC2)NC1CCCC1. The second kappa shape index (κ2) is 5.01. The van der Waals surface area contributed by atoms with Crippen LogP contribution >= 0.6 is 0 Å². The Balaban J connectivity index is 1.60. The molecule has 1 aliphatic heterocycles. The van der Waals surface area contributed by atoms with Crippen LogP contribution in [0.4, 0.5) is 5.69 Å². The fourth-order valence-corrected chi connectivity index (χ4v) is 2.98. The van der Waals surface area contributed by atoms with Crippen LogP contribution in [0, 0.1) is 0 Å². The lowest BCUT2D eigenvalue weighted by molar-refractivity contribution is -0.121. The summed E-state index contributed by atoms with van der Waals surface area (Å²) in [7, 11) is 0. The van der Waals surface area contributed by atoms with E-state index in [-0.39, 0.29) is 5.91 Å². The smallest absolute Gasteiger partial charge is 0.224 e. The molecule has 0 spiro atoms. The molecule has 2 aliphatic rings. The van der Waals surface area contributed by atoms with Crippen molar-refractivity contribution >= 4 is 11.6 Å². The van der Waals surface area contributed by atoms with E-state index in [4.69, 9.17) is 0 Å². The Morgan fingerprint density at radius 3 is 3.00 bits per heavy atom. The van der Waals surface area contributed by atoms with Gasteiger partial charge in [-0.2, -0.15) is 0 Å². The zero-order valence-electron chi connectivity index (χ0n) is 10.7. The third-order valence-corrected chi connectivity index (χ3v) is 3.97. The van der Waals surface area contributed by atoms with Crippen molar-refractivity contribution in [1.82, 2.24) is 5.32 Å².